The van der Waals surface area contributed by atoms with Gasteiger partial charge in [-0.1, -0.05) is 0 Å². The van der Waals surface area contributed by atoms with Crippen LogP contribution in [0.4, 0.5) is 5.82 Å². The minimum atomic E-state index is -0.720. The van der Waals surface area contributed by atoms with Gasteiger partial charge >= 0.3 is 11.8 Å². The molecule has 0 bridgehead atoms. The van der Waals surface area contributed by atoms with E-state index in [1.165, 1.54) is 9.58 Å². The van der Waals surface area contributed by atoms with E-state index in [1.807, 2.05) is 0 Å². The van der Waals surface area contributed by atoms with Crippen LogP contribution in [0.3, 0.4) is 0 Å². The summed E-state index contributed by atoms with van der Waals surface area (Å²) < 4.78 is 1.32. The summed E-state index contributed by atoms with van der Waals surface area (Å²) in [4.78, 5) is 46.8. The first-order valence-corrected chi connectivity index (χ1v) is 8.90. The van der Waals surface area contributed by atoms with Gasteiger partial charge in [-0.25, -0.2) is 4.99 Å². The first kappa shape index (κ1) is 16.6. The number of carbonyl (C=O) groups is 3. The second-order valence-corrected chi connectivity index (χ2v) is 6.83. The fourth-order valence-electron chi connectivity index (χ4n) is 3.63. The molecular formula is C17H20N6O3. The predicted molar refractivity (Wildman–Crippen MR) is 94.0 cm³/mol. The number of carbonyl (C=O) groups excluding carboxylic acids is 3. The molecule has 9 heteroatoms. The van der Waals surface area contributed by atoms with Crippen molar-refractivity contribution in [2.45, 2.75) is 39.0 Å². The van der Waals surface area contributed by atoms with Crippen molar-refractivity contribution in [2.24, 2.45) is 15.9 Å². The van der Waals surface area contributed by atoms with Gasteiger partial charge in [0.25, 0.3) is 11.9 Å². The highest BCUT2D eigenvalue weighted by molar-refractivity contribution is 6.39. The quantitative estimate of drug-likeness (QED) is 0.748. The Hall–Kier alpha value is -2.84. The van der Waals surface area contributed by atoms with Gasteiger partial charge < -0.3 is 10.2 Å². The van der Waals surface area contributed by atoms with Crippen molar-refractivity contribution >= 4 is 35.2 Å². The number of hydrogen-bond donors (Lipinski definition) is 1. The Balaban J connectivity index is 1.58. The van der Waals surface area contributed by atoms with Crippen LogP contribution >= 0.6 is 0 Å². The topological polar surface area (TPSA) is 109 Å². The molecule has 1 aromatic heterocycles. The van der Waals surface area contributed by atoms with E-state index in [1.54, 1.807) is 13.0 Å². The van der Waals surface area contributed by atoms with Crippen LogP contribution < -0.4 is 5.32 Å². The number of aliphatic imine (C=N–C) groups is 2. The van der Waals surface area contributed by atoms with E-state index >= 15 is 0 Å². The minimum absolute atomic E-state index is 0.139. The number of likely N-dealkylation sites (tertiary alicyclic amines) is 1. The average molecular weight is 356 g/mol. The van der Waals surface area contributed by atoms with Crippen LogP contribution in [0.2, 0.25) is 0 Å². The Morgan fingerprint density at radius 3 is 2.73 bits per heavy atom. The zero-order chi connectivity index (χ0) is 18.3. The highest BCUT2D eigenvalue weighted by atomic mass is 16.2. The lowest BCUT2D eigenvalue weighted by molar-refractivity contribution is -0.142. The minimum Gasteiger partial charge on any atom is -0.334 e. The van der Waals surface area contributed by atoms with E-state index in [0.29, 0.717) is 18.8 Å². The molecule has 0 aromatic carbocycles. The van der Waals surface area contributed by atoms with Crippen molar-refractivity contribution in [1.29, 1.82) is 0 Å². The fraction of sp³-hybridized carbons (Fsp3) is 0.529. The second kappa shape index (κ2) is 6.47. The number of aryl methyl sites for hydroxylation is 1. The number of rotatable bonds is 1. The molecule has 2 fully saturated rings. The van der Waals surface area contributed by atoms with Crippen molar-refractivity contribution in [3.63, 3.8) is 0 Å². The van der Waals surface area contributed by atoms with E-state index in [2.05, 4.69) is 20.4 Å². The Kier molecular flexibility index (Phi) is 4.14. The number of anilines is 1. The molecule has 1 saturated heterocycles. The molecule has 1 aromatic rings. The largest absolute Gasteiger partial charge is 0.334 e. The third-order valence-electron chi connectivity index (χ3n) is 4.93. The molecule has 9 nitrogen and oxygen atoms in total. The van der Waals surface area contributed by atoms with Crippen LogP contribution in [0.1, 0.15) is 37.8 Å². The highest BCUT2D eigenvalue weighted by Crippen LogP contribution is 2.27. The lowest BCUT2D eigenvalue weighted by Crippen LogP contribution is -2.38. The van der Waals surface area contributed by atoms with Crippen molar-refractivity contribution < 1.29 is 14.4 Å². The van der Waals surface area contributed by atoms with Crippen molar-refractivity contribution in [2.75, 3.05) is 18.4 Å². The maximum atomic E-state index is 12.3. The molecule has 1 saturated carbocycles. The Morgan fingerprint density at radius 2 is 1.96 bits per heavy atom. The molecule has 3 amide bonds. The normalized spacial score (nSPS) is 22.1. The predicted octanol–water partition coefficient (Wildman–Crippen LogP) is 0.738. The zero-order valence-corrected chi connectivity index (χ0v) is 14.6. The number of hydrogen-bond acceptors (Lipinski definition) is 5. The molecule has 4 rings (SSSR count). The summed E-state index contributed by atoms with van der Waals surface area (Å²) >= 11 is 0. The van der Waals surface area contributed by atoms with Gasteiger partial charge in [0.2, 0.25) is 0 Å². The lowest BCUT2D eigenvalue weighted by Gasteiger charge is -2.16. The first-order chi connectivity index (χ1) is 12.5. The van der Waals surface area contributed by atoms with Crippen LogP contribution in [-0.4, -0.2) is 57.2 Å². The van der Waals surface area contributed by atoms with Crippen molar-refractivity contribution in [3.05, 3.63) is 11.8 Å². The zero-order valence-electron chi connectivity index (χ0n) is 14.6. The molecule has 0 radical (unpaired) electrons. The molecule has 1 unspecified atom stereocenters. The summed E-state index contributed by atoms with van der Waals surface area (Å²) in [7, 11) is 0. The Bertz CT molecular complexity index is 847. The first-order valence-electron chi connectivity index (χ1n) is 8.90. The summed E-state index contributed by atoms with van der Waals surface area (Å²) in [5, 5.41) is 6.87. The van der Waals surface area contributed by atoms with Crippen LogP contribution in [0.15, 0.2) is 16.1 Å². The molecule has 136 valence electrons. The summed E-state index contributed by atoms with van der Waals surface area (Å²) in [6.07, 6.45) is 4.29. The van der Waals surface area contributed by atoms with Gasteiger partial charge in [0, 0.05) is 24.9 Å². The maximum Gasteiger partial charge on any atom is 0.315 e. The molecule has 1 N–H and O–H groups in total. The van der Waals surface area contributed by atoms with E-state index < -0.39 is 11.8 Å². The molecular weight excluding hydrogens is 336 g/mol. The van der Waals surface area contributed by atoms with Crippen LogP contribution in [0, 0.1) is 12.8 Å². The SMILES string of the molecule is Cc1cc(NC(=O)C(=O)N2CCCC2)n(C2=NC(=O)C3CCCC3=N2)n1. The van der Waals surface area contributed by atoms with E-state index in [9.17, 15) is 14.4 Å². The Labute approximate surface area is 150 Å². The average Bonchev–Trinajstić information content (AvgIpc) is 3.34. The summed E-state index contributed by atoms with van der Waals surface area (Å²) in [5.74, 6) is -1.29. The molecule has 2 aliphatic heterocycles. The molecule has 3 heterocycles. The number of nitrogens with zero attached hydrogens (tertiary/aromatic N) is 5. The van der Waals surface area contributed by atoms with Gasteiger partial charge in [-0.15, -0.1) is 0 Å². The van der Waals surface area contributed by atoms with Crippen molar-refractivity contribution in [3.8, 4) is 0 Å². The highest BCUT2D eigenvalue weighted by Gasteiger charge is 2.34. The molecule has 0 spiro atoms. The van der Waals surface area contributed by atoms with Gasteiger partial charge in [0.05, 0.1) is 11.6 Å². The molecule has 1 aliphatic carbocycles. The summed E-state index contributed by atoms with van der Waals surface area (Å²) in [6, 6.07) is 1.63. The van der Waals surface area contributed by atoms with Crippen LogP contribution in [0.5, 0.6) is 0 Å². The van der Waals surface area contributed by atoms with Crippen LogP contribution in [0.25, 0.3) is 0 Å². The van der Waals surface area contributed by atoms with Crippen LogP contribution in [-0.2, 0) is 14.4 Å². The monoisotopic (exact) mass is 356 g/mol. The summed E-state index contributed by atoms with van der Waals surface area (Å²) in [5.41, 5.74) is 1.44. The molecule has 1 atom stereocenters. The Morgan fingerprint density at radius 1 is 1.19 bits per heavy atom. The number of nitrogens with one attached hydrogen (secondary N) is 1. The summed E-state index contributed by atoms with van der Waals surface area (Å²) in [6.45, 7) is 2.95. The third-order valence-corrected chi connectivity index (χ3v) is 4.93. The van der Waals surface area contributed by atoms with Gasteiger partial charge in [-0.2, -0.15) is 14.8 Å². The van der Waals surface area contributed by atoms with Gasteiger partial charge in [-0.05, 0) is 39.0 Å². The van der Waals surface area contributed by atoms with E-state index in [4.69, 9.17) is 0 Å². The molecule has 3 aliphatic rings. The van der Waals surface area contributed by atoms with E-state index in [0.717, 1.165) is 37.8 Å². The van der Waals surface area contributed by atoms with Gasteiger partial charge in [0.15, 0.2) is 0 Å². The molecule has 26 heavy (non-hydrogen) atoms. The lowest BCUT2D eigenvalue weighted by atomic mass is 10.1. The van der Waals surface area contributed by atoms with Gasteiger partial charge in [-0.3, -0.25) is 14.4 Å². The van der Waals surface area contributed by atoms with Crippen molar-refractivity contribution in [1.82, 2.24) is 14.7 Å². The fourth-order valence-corrected chi connectivity index (χ4v) is 3.63. The maximum absolute atomic E-state index is 12.3. The standard InChI is InChI=1S/C17H20N6O3/c1-10-9-13(19-15(25)16(26)22-7-2-3-8-22)23(21-10)17-18-12-6-4-5-11(12)14(24)20-17/h9,11H,2-8H2,1H3,(H,19,25). The smallest absolute Gasteiger partial charge is 0.315 e. The van der Waals surface area contributed by atoms with Gasteiger partial charge in [0.1, 0.15) is 5.82 Å². The number of aromatic nitrogens is 2. The van der Waals surface area contributed by atoms with E-state index in [-0.39, 0.29) is 23.6 Å². The number of amides is 3. The number of fused-ring (bicyclic) bond motifs is 1. The third kappa shape index (κ3) is 2.93. The second-order valence-electron chi connectivity index (χ2n) is 6.83.